The molecular formula is C16H26N4O. The third-order valence-corrected chi connectivity index (χ3v) is 4.17. The molecule has 1 saturated carbocycles. The van der Waals surface area contributed by atoms with E-state index in [2.05, 4.69) is 20.2 Å². The minimum atomic E-state index is 0.573. The van der Waals surface area contributed by atoms with Gasteiger partial charge in [0, 0.05) is 30.9 Å². The molecule has 0 amide bonds. The second-order valence-corrected chi connectivity index (χ2v) is 6.22. The predicted octanol–water partition coefficient (Wildman–Crippen LogP) is 2.15. The van der Waals surface area contributed by atoms with Gasteiger partial charge < -0.3 is 15.0 Å². The first kappa shape index (κ1) is 14.6. The van der Waals surface area contributed by atoms with Crippen LogP contribution in [-0.2, 0) is 0 Å². The quantitative estimate of drug-likeness (QED) is 0.834. The van der Waals surface area contributed by atoms with Crippen LogP contribution in [0.15, 0.2) is 6.07 Å². The molecule has 2 heterocycles. The first-order valence-electron chi connectivity index (χ1n) is 8.21. The van der Waals surface area contributed by atoms with Crippen LogP contribution in [0.25, 0.3) is 0 Å². The van der Waals surface area contributed by atoms with Crippen molar-refractivity contribution >= 4 is 5.95 Å². The molecule has 0 radical (unpaired) electrons. The van der Waals surface area contributed by atoms with Crippen LogP contribution < -0.4 is 15.0 Å². The molecule has 1 aromatic rings. The van der Waals surface area contributed by atoms with Gasteiger partial charge in [-0.15, -0.1) is 0 Å². The van der Waals surface area contributed by atoms with E-state index in [1.807, 2.05) is 19.9 Å². The summed E-state index contributed by atoms with van der Waals surface area (Å²) in [6.45, 7) is 7.86. The Hall–Kier alpha value is -1.36. The molecular weight excluding hydrogens is 264 g/mol. The Bertz CT molecular complexity index is 469. The highest BCUT2D eigenvalue weighted by Gasteiger charge is 2.28. The molecule has 0 aromatic carbocycles. The molecule has 1 N–H and O–H groups in total. The SMILES string of the molecule is CCOc1cc(C)nc(N(CC2CC2)CC2CCCN2)n1. The van der Waals surface area contributed by atoms with E-state index in [1.165, 1.54) is 25.7 Å². The van der Waals surface area contributed by atoms with E-state index in [1.54, 1.807) is 0 Å². The van der Waals surface area contributed by atoms with Crippen molar-refractivity contribution in [2.45, 2.75) is 45.6 Å². The largest absolute Gasteiger partial charge is 0.478 e. The number of hydrogen-bond acceptors (Lipinski definition) is 5. The van der Waals surface area contributed by atoms with Crippen LogP contribution in [0.1, 0.15) is 38.3 Å². The minimum Gasteiger partial charge on any atom is -0.478 e. The van der Waals surface area contributed by atoms with Gasteiger partial charge in [-0.05, 0) is 52.0 Å². The zero-order chi connectivity index (χ0) is 14.7. The van der Waals surface area contributed by atoms with Gasteiger partial charge in [-0.25, -0.2) is 4.98 Å². The van der Waals surface area contributed by atoms with Crippen molar-refractivity contribution < 1.29 is 4.74 Å². The molecule has 5 heteroatoms. The number of aromatic nitrogens is 2. The van der Waals surface area contributed by atoms with E-state index in [0.29, 0.717) is 18.5 Å². The summed E-state index contributed by atoms with van der Waals surface area (Å²) in [5.74, 6) is 2.35. The molecule has 1 aliphatic heterocycles. The number of nitrogens with zero attached hydrogens (tertiary/aromatic N) is 3. The van der Waals surface area contributed by atoms with Crippen molar-refractivity contribution in [2.24, 2.45) is 5.92 Å². The lowest BCUT2D eigenvalue weighted by Gasteiger charge is -2.26. The van der Waals surface area contributed by atoms with Crippen molar-refractivity contribution in [1.29, 1.82) is 0 Å². The van der Waals surface area contributed by atoms with Crippen LogP contribution >= 0.6 is 0 Å². The predicted molar refractivity (Wildman–Crippen MR) is 83.9 cm³/mol. The van der Waals surface area contributed by atoms with Crippen molar-refractivity contribution in [3.05, 3.63) is 11.8 Å². The lowest BCUT2D eigenvalue weighted by atomic mass is 10.2. The Morgan fingerprint density at radius 1 is 1.29 bits per heavy atom. The standard InChI is InChI=1S/C16H26N4O/c1-3-21-15-9-12(2)18-16(19-15)20(10-13-6-7-13)11-14-5-4-8-17-14/h9,13-14,17H,3-8,10-11H2,1-2H3. The van der Waals surface area contributed by atoms with Gasteiger partial charge >= 0.3 is 0 Å². The maximum absolute atomic E-state index is 5.57. The molecule has 1 saturated heterocycles. The normalized spacial score (nSPS) is 21.5. The number of nitrogens with one attached hydrogen (secondary N) is 1. The molecule has 3 rings (SSSR count). The highest BCUT2D eigenvalue weighted by atomic mass is 16.5. The van der Waals surface area contributed by atoms with E-state index in [0.717, 1.165) is 37.2 Å². The molecule has 1 unspecified atom stereocenters. The fourth-order valence-electron chi connectivity index (χ4n) is 2.92. The Balaban J connectivity index is 1.76. The van der Waals surface area contributed by atoms with Gasteiger partial charge in [0.25, 0.3) is 0 Å². The molecule has 1 aromatic heterocycles. The van der Waals surface area contributed by atoms with Crippen LogP contribution in [0.4, 0.5) is 5.95 Å². The van der Waals surface area contributed by atoms with Crippen LogP contribution in [0, 0.1) is 12.8 Å². The number of rotatable bonds is 7. The molecule has 0 bridgehead atoms. The monoisotopic (exact) mass is 290 g/mol. The van der Waals surface area contributed by atoms with Gasteiger partial charge in [0.1, 0.15) is 0 Å². The van der Waals surface area contributed by atoms with Crippen molar-refractivity contribution in [2.75, 3.05) is 31.1 Å². The lowest BCUT2D eigenvalue weighted by molar-refractivity contribution is 0.325. The summed E-state index contributed by atoms with van der Waals surface area (Å²) in [6, 6.07) is 2.49. The highest BCUT2D eigenvalue weighted by Crippen LogP contribution is 2.31. The topological polar surface area (TPSA) is 50.3 Å². The summed E-state index contributed by atoms with van der Waals surface area (Å²) < 4.78 is 5.57. The van der Waals surface area contributed by atoms with Crippen LogP contribution in [-0.4, -0.2) is 42.3 Å². The summed E-state index contributed by atoms with van der Waals surface area (Å²) in [5, 5.41) is 3.58. The zero-order valence-electron chi connectivity index (χ0n) is 13.1. The van der Waals surface area contributed by atoms with E-state index >= 15 is 0 Å². The first-order valence-corrected chi connectivity index (χ1v) is 8.21. The molecule has 116 valence electrons. The summed E-state index contributed by atoms with van der Waals surface area (Å²) in [7, 11) is 0. The van der Waals surface area contributed by atoms with E-state index in [9.17, 15) is 0 Å². The van der Waals surface area contributed by atoms with Gasteiger partial charge in [-0.3, -0.25) is 0 Å². The van der Waals surface area contributed by atoms with Gasteiger partial charge in [-0.1, -0.05) is 0 Å². The molecule has 1 aliphatic carbocycles. The van der Waals surface area contributed by atoms with Crippen LogP contribution in [0.3, 0.4) is 0 Å². The van der Waals surface area contributed by atoms with Gasteiger partial charge in [-0.2, -0.15) is 4.98 Å². The third kappa shape index (κ3) is 4.06. The summed E-state index contributed by atoms with van der Waals surface area (Å²) in [5.41, 5.74) is 0.976. The Morgan fingerprint density at radius 2 is 2.14 bits per heavy atom. The Morgan fingerprint density at radius 3 is 2.81 bits per heavy atom. The molecule has 1 atom stereocenters. The fraction of sp³-hybridized carbons (Fsp3) is 0.750. The molecule has 2 fully saturated rings. The molecule has 21 heavy (non-hydrogen) atoms. The zero-order valence-corrected chi connectivity index (χ0v) is 13.1. The Kier molecular flexibility index (Phi) is 4.58. The first-order chi connectivity index (χ1) is 10.2. The molecule has 0 spiro atoms. The highest BCUT2D eigenvalue weighted by molar-refractivity contribution is 5.35. The van der Waals surface area contributed by atoms with Gasteiger partial charge in [0.05, 0.1) is 6.61 Å². The minimum absolute atomic E-state index is 0.573. The van der Waals surface area contributed by atoms with Crippen LogP contribution in [0.5, 0.6) is 5.88 Å². The van der Waals surface area contributed by atoms with E-state index < -0.39 is 0 Å². The number of anilines is 1. The summed E-state index contributed by atoms with van der Waals surface area (Å²) in [6.07, 6.45) is 5.23. The van der Waals surface area contributed by atoms with Crippen molar-refractivity contribution in [1.82, 2.24) is 15.3 Å². The summed E-state index contributed by atoms with van der Waals surface area (Å²) in [4.78, 5) is 11.6. The number of ether oxygens (including phenoxy) is 1. The summed E-state index contributed by atoms with van der Waals surface area (Å²) >= 11 is 0. The average Bonchev–Trinajstić information content (AvgIpc) is 3.11. The Labute approximate surface area is 127 Å². The number of hydrogen-bond donors (Lipinski definition) is 1. The van der Waals surface area contributed by atoms with E-state index in [4.69, 9.17) is 4.74 Å². The van der Waals surface area contributed by atoms with Gasteiger partial charge in [0.15, 0.2) is 0 Å². The van der Waals surface area contributed by atoms with E-state index in [-0.39, 0.29) is 0 Å². The van der Waals surface area contributed by atoms with Crippen molar-refractivity contribution in [3.63, 3.8) is 0 Å². The molecule has 2 aliphatic rings. The smallest absolute Gasteiger partial charge is 0.228 e. The maximum atomic E-state index is 5.57. The fourth-order valence-corrected chi connectivity index (χ4v) is 2.92. The second-order valence-electron chi connectivity index (χ2n) is 6.22. The molecule has 5 nitrogen and oxygen atoms in total. The average molecular weight is 290 g/mol. The van der Waals surface area contributed by atoms with Crippen LogP contribution in [0.2, 0.25) is 0 Å². The second kappa shape index (κ2) is 6.60. The number of aryl methyl sites for hydroxylation is 1. The van der Waals surface area contributed by atoms with Gasteiger partial charge in [0.2, 0.25) is 11.8 Å². The van der Waals surface area contributed by atoms with Crippen molar-refractivity contribution in [3.8, 4) is 5.88 Å². The third-order valence-electron chi connectivity index (χ3n) is 4.17. The maximum Gasteiger partial charge on any atom is 0.228 e. The lowest BCUT2D eigenvalue weighted by Crippen LogP contribution is -2.39.